The standard InChI is InChI=1S/C13H15N3O2S/c1-4-18-13(17)11-12(19-7-14-11)16-10-6-5-8(2)15-9(10)3/h5-7,16H,4H2,1-3H3. The van der Waals surface area contributed by atoms with E-state index in [1.165, 1.54) is 11.3 Å². The number of aryl methyl sites for hydroxylation is 2. The summed E-state index contributed by atoms with van der Waals surface area (Å²) in [7, 11) is 0. The number of hydrogen-bond donors (Lipinski definition) is 1. The molecule has 0 saturated carbocycles. The Bertz CT molecular complexity index is 595. The van der Waals surface area contributed by atoms with E-state index in [0.717, 1.165) is 17.1 Å². The number of nitrogens with one attached hydrogen (secondary N) is 1. The van der Waals surface area contributed by atoms with Crippen LogP contribution in [-0.4, -0.2) is 22.5 Å². The molecule has 2 aromatic rings. The fraction of sp³-hybridized carbons (Fsp3) is 0.308. The first-order valence-corrected chi connectivity index (χ1v) is 6.81. The van der Waals surface area contributed by atoms with E-state index in [-0.39, 0.29) is 0 Å². The molecular formula is C13H15N3O2S. The molecule has 1 N–H and O–H groups in total. The Morgan fingerprint density at radius 2 is 2.21 bits per heavy atom. The Kier molecular flexibility index (Phi) is 4.11. The first-order valence-electron chi connectivity index (χ1n) is 5.93. The van der Waals surface area contributed by atoms with Crippen LogP contribution < -0.4 is 5.32 Å². The highest BCUT2D eigenvalue weighted by Crippen LogP contribution is 2.26. The first-order chi connectivity index (χ1) is 9.11. The summed E-state index contributed by atoms with van der Waals surface area (Å²) in [5.41, 5.74) is 4.62. The van der Waals surface area contributed by atoms with Crippen LogP contribution >= 0.6 is 11.3 Å². The lowest BCUT2D eigenvalue weighted by atomic mass is 10.2. The van der Waals surface area contributed by atoms with Gasteiger partial charge in [-0.3, -0.25) is 4.98 Å². The lowest BCUT2D eigenvalue weighted by Gasteiger charge is -2.08. The Labute approximate surface area is 115 Å². The minimum absolute atomic E-state index is 0.312. The summed E-state index contributed by atoms with van der Waals surface area (Å²) in [6.45, 7) is 5.96. The predicted molar refractivity (Wildman–Crippen MR) is 75.1 cm³/mol. The smallest absolute Gasteiger partial charge is 0.360 e. The van der Waals surface area contributed by atoms with Gasteiger partial charge in [0.1, 0.15) is 5.00 Å². The van der Waals surface area contributed by atoms with E-state index in [4.69, 9.17) is 4.74 Å². The summed E-state index contributed by atoms with van der Waals surface area (Å²) in [6.07, 6.45) is 0. The summed E-state index contributed by atoms with van der Waals surface area (Å²) in [6, 6.07) is 3.85. The van der Waals surface area contributed by atoms with E-state index in [1.54, 1.807) is 12.4 Å². The van der Waals surface area contributed by atoms with Crippen LogP contribution in [0.15, 0.2) is 17.6 Å². The summed E-state index contributed by atoms with van der Waals surface area (Å²) < 4.78 is 4.96. The molecule has 0 aliphatic carbocycles. The van der Waals surface area contributed by atoms with Crippen molar-refractivity contribution in [3.05, 3.63) is 34.7 Å². The van der Waals surface area contributed by atoms with Crippen molar-refractivity contribution in [1.82, 2.24) is 9.97 Å². The van der Waals surface area contributed by atoms with Crippen LogP contribution in [0.1, 0.15) is 28.8 Å². The van der Waals surface area contributed by atoms with Crippen molar-refractivity contribution in [2.24, 2.45) is 0 Å². The van der Waals surface area contributed by atoms with Crippen LogP contribution in [-0.2, 0) is 4.74 Å². The van der Waals surface area contributed by atoms with Crippen LogP contribution in [0.5, 0.6) is 0 Å². The van der Waals surface area contributed by atoms with E-state index in [0.29, 0.717) is 17.3 Å². The number of anilines is 2. The summed E-state index contributed by atoms with van der Waals surface area (Å²) >= 11 is 1.36. The molecule has 19 heavy (non-hydrogen) atoms. The van der Waals surface area contributed by atoms with E-state index in [1.807, 2.05) is 26.0 Å². The van der Waals surface area contributed by atoms with Gasteiger partial charge in [-0.2, -0.15) is 0 Å². The van der Waals surface area contributed by atoms with Crippen molar-refractivity contribution < 1.29 is 9.53 Å². The molecule has 2 rings (SSSR count). The van der Waals surface area contributed by atoms with Gasteiger partial charge >= 0.3 is 5.97 Å². The molecule has 2 heterocycles. The maximum absolute atomic E-state index is 11.7. The lowest BCUT2D eigenvalue weighted by Crippen LogP contribution is -2.07. The molecule has 0 aliphatic rings. The van der Waals surface area contributed by atoms with E-state index in [9.17, 15) is 4.79 Å². The molecule has 0 unspecified atom stereocenters. The van der Waals surface area contributed by atoms with E-state index < -0.39 is 5.97 Å². The Balaban J connectivity index is 2.24. The summed E-state index contributed by atoms with van der Waals surface area (Å²) in [4.78, 5) is 20.1. The molecule has 0 radical (unpaired) electrons. The number of hydrogen-bond acceptors (Lipinski definition) is 6. The number of thiazole rings is 1. The number of esters is 1. The van der Waals surface area contributed by atoms with Gasteiger partial charge < -0.3 is 10.1 Å². The number of ether oxygens (including phenoxy) is 1. The van der Waals surface area contributed by atoms with Gasteiger partial charge in [0, 0.05) is 5.69 Å². The fourth-order valence-corrected chi connectivity index (χ4v) is 2.30. The molecule has 0 aromatic carbocycles. The molecule has 0 fully saturated rings. The van der Waals surface area contributed by atoms with Gasteiger partial charge in [0.15, 0.2) is 5.69 Å². The SMILES string of the molecule is CCOC(=O)c1ncsc1Nc1ccc(C)nc1C. The molecular weight excluding hydrogens is 262 g/mol. The topological polar surface area (TPSA) is 64.1 Å². The minimum atomic E-state index is -0.413. The highest BCUT2D eigenvalue weighted by Gasteiger charge is 2.16. The van der Waals surface area contributed by atoms with Crippen LogP contribution in [0, 0.1) is 13.8 Å². The summed E-state index contributed by atoms with van der Waals surface area (Å²) in [5, 5.41) is 3.85. The van der Waals surface area contributed by atoms with Crippen LogP contribution in [0.3, 0.4) is 0 Å². The minimum Gasteiger partial charge on any atom is -0.461 e. The molecule has 0 bridgehead atoms. The van der Waals surface area contributed by atoms with Crippen molar-refractivity contribution in [2.45, 2.75) is 20.8 Å². The lowest BCUT2D eigenvalue weighted by molar-refractivity contribution is 0.0521. The Morgan fingerprint density at radius 3 is 2.89 bits per heavy atom. The molecule has 0 spiro atoms. The average molecular weight is 277 g/mol. The maximum Gasteiger partial charge on any atom is 0.360 e. The Hall–Kier alpha value is -1.95. The average Bonchev–Trinajstić information content (AvgIpc) is 2.81. The molecule has 5 nitrogen and oxygen atoms in total. The fourth-order valence-electron chi connectivity index (χ4n) is 1.62. The zero-order valence-corrected chi connectivity index (χ0v) is 11.9. The largest absolute Gasteiger partial charge is 0.461 e. The van der Waals surface area contributed by atoms with Crippen molar-refractivity contribution in [3.8, 4) is 0 Å². The quantitative estimate of drug-likeness (QED) is 0.870. The molecule has 0 saturated heterocycles. The second-order valence-electron chi connectivity index (χ2n) is 3.96. The first kappa shape index (κ1) is 13.5. The molecule has 100 valence electrons. The highest BCUT2D eigenvalue weighted by atomic mass is 32.1. The van der Waals surface area contributed by atoms with Crippen molar-refractivity contribution in [2.75, 3.05) is 11.9 Å². The third-order valence-corrected chi connectivity index (χ3v) is 3.25. The van der Waals surface area contributed by atoms with Gasteiger partial charge in [-0.05, 0) is 32.9 Å². The molecule has 2 aromatic heterocycles. The second kappa shape index (κ2) is 5.79. The number of nitrogens with zero attached hydrogens (tertiary/aromatic N) is 2. The van der Waals surface area contributed by atoms with Gasteiger partial charge in [-0.15, -0.1) is 11.3 Å². The monoisotopic (exact) mass is 277 g/mol. The molecule has 6 heteroatoms. The van der Waals surface area contributed by atoms with Gasteiger partial charge in [-0.25, -0.2) is 9.78 Å². The summed E-state index contributed by atoms with van der Waals surface area (Å²) in [5.74, 6) is -0.413. The van der Waals surface area contributed by atoms with E-state index >= 15 is 0 Å². The number of aromatic nitrogens is 2. The number of carbonyl (C=O) groups is 1. The van der Waals surface area contributed by atoms with Crippen LogP contribution in [0.2, 0.25) is 0 Å². The second-order valence-corrected chi connectivity index (χ2v) is 4.82. The van der Waals surface area contributed by atoms with E-state index in [2.05, 4.69) is 15.3 Å². The van der Waals surface area contributed by atoms with Crippen molar-refractivity contribution in [1.29, 1.82) is 0 Å². The zero-order chi connectivity index (χ0) is 13.8. The molecule has 0 aliphatic heterocycles. The Morgan fingerprint density at radius 1 is 1.42 bits per heavy atom. The van der Waals surface area contributed by atoms with Crippen LogP contribution in [0.4, 0.5) is 10.7 Å². The maximum atomic E-state index is 11.7. The third-order valence-electron chi connectivity index (χ3n) is 2.51. The third kappa shape index (κ3) is 3.08. The van der Waals surface area contributed by atoms with Crippen LogP contribution in [0.25, 0.3) is 0 Å². The number of rotatable bonds is 4. The van der Waals surface area contributed by atoms with Crippen molar-refractivity contribution >= 4 is 28.0 Å². The van der Waals surface area contributed by atoms with Gasteiger partial charge in [0.2, 0.25) is 0 Å². The highest BCUT2D eigenvalue weighted by molar-refractivity contribution is 7.14. The van der Waals surface area contributed by atoms with Gasteiger partial charge in [0.05, 0.1) is 23.5 Å². The predicted octanol–water partition coefficient (Wildman–Crippen LogP) is 3.08. The zero-order valence-electron chi connectivity index (χ0n) is 11.1. The normalized spacial score (nSPS) is 10.3. The molecule has 0 amide bonds. The molecule has 0 atom stereocenters. The number of carbonyl (C=O) groups excluding carboxylic acids is 1. The van der Waals surface area contributed by atoms with Crippen molar-refractivity contribution in [3.63, 3.8) is 0 Å². The van der Waals surface area contributed by atoms with Gasteiger partial charge in [0.25, 0.3) is 0 Å². The number of pyridine rings is 1. The van der Waals surface area contributed by atoms with Gasteiger partial charge in [-0.1, -0.05) is 0 Å².